The molecule has 0 atom stereocenters. The van der Waals surface area contributed by atoms with E-state index in [0.717, 1.165) is 157 Å². The predicted octanol–water partition coefficient (Wildman–Crippen LogP) is 32.9. The number of hydrogen-bond donors (Lipinski definition) is 0. The van der Waals surface area contributed by atoms with Gasteiger partial charge in [-0.05, 0) is 186 Å². The van der Waals surface area contributed by atoms with Crippen molar-refractivity contribution in [2.75, 3.05) is 0 Å². The molecule has 12 heterocycles. The second-order valence-electron chi connectivity index (χ2n) is 31.7. The Morgan fingerprint density at radius 3 is 1.23 bits per heavy atom. The van der Waals surface area contributed by atoms with Crippen molar-refractivity contribution in [2.24, 2.45) is 0 Å². The van der Waals surface area contributed by atoms with Gasteiger partial charge in [-0.1, -0.05) is 269 Å². The molecule has 620 valence electrons. The highest BCUT2D eigenvalue weighted by molar-refractivity contribution is 7.27. The Kier molecular flexibility index (Phi) is 20.7. The predicted molar refractivity (Wildman–Crippen MR) is 544 cm³/mol. The summed E-state index contributed by atoms with van der Waals surface area (Å²) in [6, 6.07) is 112. The molecule has 0 saturated heterocycles. The van der Waals surface area contributed by atoms with Crippen LogP contribution in [0.5, 0.6) is 0 Å². The summed E-state index contributed by atoms with van der Waals surface area (Å²) >= 11 is 38.1. The first-order chi connectivity index (χ1) is 63.7. The Morgan fingerprint density at radius 2 is 0.638 bits per heavy atom. The molecule has 0 saturated carbocycles. The van der Waals surface area contributed by atoms with Crippen molar-refractivity contribution in [3.05, 3.63) is 378 Å². The molecule has 14 aromatic carbocycles. The van der Waals surface area contributed by atoms with Crippen molar-refractivity contribution in [1.82, 2.24) is 54.8 Å². The van der Waals surface area contributed by atoms with Gasteiger partial charge in [-0.3, -0.25) is 4.98 Å². The molecule has 1 aliphatic carbocycles. The maximum Gasteiger partial charge on any atom is 0.223 e. The smallest absolute Gasteiger partial charge is 0.223 e. The zero-order valence-corrected chi connectivity index (χ0v) is 75.6. The van der Waals surface area contributed by atoms with E-state index >= 15 is 0 Å². The van der Waals surface area contributed by atoms with Crippen molar-refractivity contribution >= 4 is 250 Å². The first kappa shape index (κ1) is 80.6. The van der Waals surface area contributed by atoms with Gasteiger partial charge in [0.2, 0.25) is 26.4 Å². The van der Waals surface area contributed by atoms with Gasteiger partial charge >= 0.3 is 0 Å². The Morgan fingerprint density at radius 1 is 0.246 bits per heavy atom. The molecule has 22 heteroatoms. The minimum atomic E-state index is -0.0436. The topological polar surface area (TPSA) is 168 Å². The van der Waals surface area contributed by atoms with Gasteiger partial charge < -0.3 is 8.83 Å². The van der Waals surface area contributed by atoms with Crippen LogP contribution in [0.3, 0.4) is 0 Å². The summed E-state index contributed by atoms with van der Waals surface area (Å²) in [5.41, 5.74) is 24.4. The number of nitrogens with zero attached hydrogens (tertiary/aromatic N) is 11. The van der Waals surface area contributed by atoms with E-state index in [9.17, 15) is 0 Å². The highest BCUT2D eigenvalue weighted by atomic mass is 35.5. The average Bonchev–Trinajstić information content (AvgIpc) is 1.56. The zero-order chi connectivity index (χ0) is 87.4. The molecule has 0 spiro atoms. The normalized spacial score (nSPS) is 12.2. The quantitative estimate of drug-likeness (QED) is 0.144. The third kappa shape index (κ3) is 14.5. The van der Waals surface area contributed by atoms with E-state index < -0.39 is 0 Å². The summed E-state index contributed by atoms with van der Waals surface area (Å²) < 4.78 is 21.2. The maximum absolute atomic E-state index is 6.36. The number of rotatable bonds is 6. The van der Waals surface area contributed by atoms with Crippen LogP contribution in [-0.2, 0) is 5.41 Å². The lowest BCUT2D eigenvalue weighted by Gasteiger charge is -2.21. The molecule has 12 aromatic heterocycles. The van der Waals surface area contributed by atoms with Crippen LogP contribution in [0.2, 0.25) is 26.4 Å². The summed E-state index contributed by atoms with van der Waals surface area (Å²) in [6.45, 7) is 4.59. The Labute approximate surface area is 782 Å². The molecule has 130 heavy (non-hydrogen) atoms. The van der Waals surface area contributed by atoms with E-state index in [0.29, 0.717) is 16.6 Å². The molecule has 13 nitrogen and oxygen atoms in total. The lowest BCUT2D eigenvalue weighted by molar-refractivity contribution is 0.660. The zero-order valence-electron chi connectivity index (χ0n) is 68.6. The third-order valence-corrected chi connectivity index (χ3v) is 29.2. The Hall–Kier alpha value is -13.9. The summed E-state index contributed by atoms with van der Waals surface area (Å²) in [6.07, 6.45) is 3.54. The van der Waals surface area contributed by atoms with Crippen molar-refractivity contribution < 1.29 is 8.83 Å². The summed E-state index contributed by atoms with van der Waals surface area (Å²) in [4.78, 5) is 49.1. The van der Waals surface area contributed by atoms with Crippen LogP contribution in [0.15, 0.2) is 349 Å². The molecule has 0 bridgehead atoms. The molecule has 0 fully saturated rings. The minimum Gasteiger partial charge on any atom is -0.455 e. The van der Waals surface area contributed by atoms with Crippen LogP contribution >= 0.6 is 103 Å². The molecule has 1 aliphatic rings. The van der Waals surface area contributed by atoms with Gasteiger partial charge in [-0.25, -0.2) is 49.8 Å². The fourth-order valence-corrected chi connectivity index (χ4v) is 23.1. The van der Waals surface area contributed by atoms with Crippen LogP contribution in [0, 0.1) is 0 Å². The minimum absolute atomic E-state index is 0.0436. The SMILES string of the molecule is CC1(C)c2ccccc2-c2ccc(-c3nc(Cl)nc4c3sc3ccccc34)cc21.Clc1nc(-c2ccc(-c3cccc4ccccc34)cc2)c2sc3ccccc3c2n1.Clc1nc(-c2ccc3ccccc3c2)c2oc3ccccc3c2n1.Clc1nc(-c2cccc3c2oc2ccccc23)c2sc3ccccc3c2n1.Clc1nc(-c2cccnc2)c2sc3ccccc3c2n1. The monoisotopic (exact) mass is 1850 g/mol. The third-order valence-electron chi connectivity index (χ3n) is 23.7. The van der Waals surface area contributed by atoms with Crippen molar-refractivity contribution in [1.29, 1.82) is 0 Å². The molecule has 0 unspecified atom stereocenters. The standard InChI is InChI=1S/C26H15ClN2S.C25H17ClN2S.C22H11ClN2OS.C20H11ClN2O.C15H8ClN3S/c27-26-28-23(25-24(29-26)21-9-3-4-11-22(21)30-25)18-14-12-17(13-15-18)20-10-5-7-16-6-1-2-8-19(16)20;1-25(2)18-9-5-3-7-15(18)16-12-11-14(13-19(16)25)21-23-22(28-24(26)27-21)17-8-4-6-10-20(17)29-23;23-22-24-18-14-7-2-4-11-17(14)27-21(18)19(25-22)15-9-5-8-13-12-6-1-3-10-16(12)26-20(13)15;21-20-22-17(14-10-9-12-5-1-2-6-13(12)11-14)19-18(23-20)15-7-3-4-8-16(15)24-19;16-15-18-12(9-4-3-7-17-8-9)14-13(19-15)10-5-1-2-6-11(10)20-14/h1-15H;3-13H,1-2H3;1-11H;1-11H;1-8H. The van der Waals surface area contributed by atoms with Gasteiger partial charge in [-0.2, -0.15) is 0 Å². The maximum atomic E-state index is 6.36. The second kappa shape index (κ2) is 33.3. The number of thiophene rings is 4. The van der Waals surface area contributed by atoms with Crippen LogP contribution in [0.1, 0.15) is 25.0 Å². The van der Waals surface area contributed by atoms with E-state index in [1.165, 1.54) is 68.3 Å². The fourth-order valence-electron chi connectivity index (χ4n) is 17.7. The van der Waals surface area contributed by atoms with Crippen LogP contribution in [0.25, 0.3) is 225 Å². The van der Waals surface area contributed by atoms with Crippen LogP contribution in [0.4, 0.5) is 0 Å². The number of halogens is 5. The van der Waals surface area contributed by atoms with Gasteiger partial charge in [0.15, 0.2) is 5.58 Å². The average molecular weight is 1850 g/mol. The summed E-state index contributed by atoms with van der Waals surface area (Å²) in [7, 11) is 0. The van der Waals surface area contributed by atoms with Crippen molar-refractivity contribution in [3.63, 3.8) is 0 Å². The van der Waals surface area contributed by atoms with E-state index in [-0.39, 0.29) is 26.5 Å². The van der Waals surface area contributed by atoms with E-state index in [2.05, 4.69) is 269 Å². The van der Waals surface area contributed by atoms with Crippen LogP contribution < -0.4 is 0 Å². The molecule has 27 rings (SSSR count). The number of hydrogen-bond acceptors (Lipinski definition) is 17. The summed E-state index contributed by atoms with van der Waals surface area (Å²) in [5, 5.41) is 13.7. The number of benzene rings is 14. The first-order valence-corrected chi connectivity index (χ1v) is 46.8. The largest absolute Gasteiger partial charge is 0.455 e. The van der Waals surface area contributed by atoms with Gasteiger partial charge in [0, 0.05) is 102 Å². The number of furan rings is 2. The Bertz CT molecular complexity index is 9040. The number of aromatic nitrogens is 11. The van der Waals surface area contributed by atoms with Gasteiger partial charge in [0.05, 0.1) is 63.6 Å². The molecule has 0 radical (unpaired) electrons. The number of fused-ring (bicyclic) bond motifs is 23. The van der Waals surface area contributed by atoms with Crippen molar-refractivity contribution in [3.8, 4) is 78.5 Å². The van der Waals surface area contributed by atoms with E-state index in [1.807, 2.05) is 127 Å². The molecule has 0 N–H and O–H groups in total. The Balaban J connectivity index is 0.0000000931. The van der Waals surface area contributed by atoms with Crippen molar-refractivity contribution in [2.45, 2.75) is 19.3 Å². The molecular weight excluding hydrogens is 1790 g/mol. The first-order valence-electron chi connectivity index (χ1n) is 41.6. The van der Waals surface area contributed by atoms with Crippen LogP contribution in [-0.4, -0.2) is 54.8 Å². The fraction of sp³-hybridized carbons (Fsp3) is 0.0278. The summed E-state index contributed by atoms with van der Waals surface area (Å²) in [5.74, 6) is 0. The highest BCUT2D eigenvalue weighted by Crippen LogP contribution is 2.52. The molecule has 26 aromatic rings. The second-order valence-corrected chi connectivity index (χ2v) is 37.6. The van der Waals surface area contributed by atoms with Gasteiger partial charge in [-0.15, -0.1) is 45.3 Å². The number of para-hydroxylation sites is 3. The highest BCUT2D eigenvalue weighted by Gasteiger charge is 2.36. The van der Waals surface area contributed by atoms with E-state index in [4.69, 9.17) is 66.8 Å². The van der Waals surface area contributed by atoms with Gasteiger partial charge in [0.1, 0.15) is 28.0 Å². The lowest BCUT2D eigenvalue weighted by Crippen LogP contribution is -2.14. The molecular formula is C108H62Cl5N11O2S4. The molecule has 0 amide bonds. The number of pyridine rings is 1. The lowest BCUT2D eigenvalue weighted by atomic mass is 9.82. The molecule has 0 aliphatic heterocycles. The van der Waals surface area contributed by atoms with E-state index in [1.54, 1.807) is 57.7 Å². The van der Waals surface area contributed by atoms with Gasteiger partial charge in [0.25, 0.3) is 0 Å².